The Bertz CT molecular complexity index is 569. The molecule has 0 bridgehead atoms. The molecular weight excluding hydrogens is 340 g/mol. The van der Waals surface area contributed by atoms with Crippen LogP contribution in [0, 0.1) is 11.3 Å². The zero-order chi connectivity index (χ0) is 17.7. The van der Waals surface area contributed by atoms with Crippen molar-refractivity contribution in [1.29, 1.82) is 0 Å². The van der Waals surface area contributed by atoms with E-state index >= 15 is 0 Å². The van der Waals surface area contributed by atoms with Crippen LogP contribution in [0.15, 0.2) is 24.3 Å². The Morgan fingerprint density at radius 1 is 1.32 bits per heavy atom. The van der Waals surface area contributed by atoms with E-state index in [2.05, 4.69) is 21.5 Å². The number of hydrogen-bond acceptors (Lipinski definition) is 5. The third-order valence-electron chi connectivity index (χ3n) is 5.30. The van der Waals surface area contributed by atoms with Crippen molar-refractivity contribution in [2.24, 2.45) is 11.3 Å². The van der Waals surface area contributed by atoms with E-state index in [9.17, 15) is 4.79 Å². The molecule has 2 fully saturated rings. The molecule has 7 heteroatoms. The van der Waals surface area contributed by atoms with E-state index in [1.54, 1.807) is 7.11 Å². The summed E-state index contributed by atoms with van der Waals surface area (Å²) in [6.45, 7) is 3.89. The molecule has 6 nitrogen and oxygen atoms in total. The topological polar surface area (TPSA) is 74.4 Å². The van der Waals surface area contributed by atoms with Crippen LogP contribution in [-0.4, -0.2) is 45.8 Å². The maximum absolute atomic E-state index is 12.8. The van der Waals surface area contributed by atoms with Crippen molar-refractivity contribution in [3.8, 4) is 0 Å². The van der Waals surface area contributed by atoms with Gasteiger partial charge in [0.05, 0.1) is 18.6 Å². The molecule has 0 saturated carbocycles. The molecule has 138 valence electrons. The minimum absolute atomic E-state index is 0.0326. The fourth-order valence-electron chi connectivity index (χ4n) is 3.77. The number of carbonyl (C=O) groups excluding carboxylic acids is 1. The number of hydrazine groups is 1. The van der Waals surface area contributed by atoms with Crippen molar-refractivity contribution in [2.75, 3.05) is 39.9 Å². The molecule has 0 aliphatic carbocycles. The number of methoxy groups -OCH3 is 1. The third-order valence-corrected chi connectivity index (χ3v) is 5.55. The Hall–Kier alpha value is -1.18. The number of halogens is 1. The van der Waals surface area contributed by atoms with Gasteiger partial charge in [-0.25, -0.2) is 5.43 Å². The van der Waals surface area contributed by atoms with Crippen LogP contribution in [0.5, 0.6) is 0 Å². The second-order valence-electron chi connectivity index (χ2n) is 7.06. The number of amides is 1. The van der Waals surface area contributed by atoms with E-state index in [0.717, 1.165) is 31.5 Å². The van der Waals surface area contributed by atoms with Crippen molar-refractivity contribution in [3.05, 3.63) is 34.9 Å². The molecule has 2 aliphatic rings. The first-order chi connectivity index (χ1) is 12.1. The lowest BCUT2D eigenvalue weighted by atomic mass is 9.79. The first-order valence-electron chi connectivity index (χ1n) is 8.85. The van der Waals surface area contributed by atoms with Crippen molar-refractivity contribution in [2.45, 2.75) is 18.9 Å². The quantitative estimate of drug-likeness (QED) is 0.609. The van der Waals surface area contributed by atoms with E-state index < -0.39 is 0 Å². The lowest BCUT2D eigenvalue weighted by Gasteiger charge is -2.37. The fraction of sp³-hybridized carbons (Fsp3) is 0.611. The van der Waals surface area contributed by atoms with Crippen LogP contribution < -0.4 is 21.5 Å². The average molecular weight is 367 g/mol. The van der Waals surface area contributed by atoms with Crippen LogP contribution in [0.2, 0.25) is 5.02 Å². The third kappa shape index (κ3) is 4.51. The Labute approximate surface area is 154 Å². The molecular formula is C18H27ClN4O2. The summed E-state index contributed by atoms with van der Waals surface area (Å²) in [7, 11) is 1.73. The molecule has 0 aromatic heterocycles. The van der Waals surface area contributed by atoms with Crippen LogP contribution in [0.3, 0.4) is 0 Å². The largest absolute Gasteiger partial charge is 0.384 e. The monoisotopic (exact) mass is 366 g/mol. The number of ether oxygens (including phenoxy) is 1. The van der Waals surface area contributed by atoms with Gasteiger partial charge in [0.1, 0.15) is 0 Å². The first kappa shape index (κ1) is 18.6. The highest BCUT2D eigenvalue weighted by molar-refractivity contribution is 6.30. The van der Waals surface area contributed by atoms with Crippen LogP contribution in [-0.2, 0) is 9.53 Å². The number of hydrogen-bond donors (Lipinski definition) is 4. The van der Waals surface area contributed by atoms with Gasteiger partial charge in [-0.15, -0.1) is 0 Å². The summed E-state index contributed by atoms with van der Waals surface area (Å²) in [5.74, 6) is -0.0750. The molecule has 1 amide bonds. The smallest absolute Gasteiger partial charge is 0.226 e. The van der Waals surface area contributed by atoms with Gasteiger partial charge >= 0.3 is 0 Å². The second kappa shape index (κ2) is 8.47. The molecule has 3 rings (SSSR count). The SMILES string of the molecule is COCC1(CNC(=O)C2CNNC2c2ccc(Cl)cc2)CCNCC1. The molecule has 2 heterocycles. The van der Waals surface area contributed by atoms with Crippen LogP contribution in [0.1, 0.15) is 24.4 Å². The maximum atomic E-state index is 12.8. The summed E-state index contributed by atoms with van der Waals surface area (Å²) in [5.41, 5.74) is 7.41. The van der Waals surface area contributed by atoms with Gasteiger partial charge in [0, 0.05) is 30.6 Å². The number of benzene rings is 1. The van der Waals surface area contributed by atoms with E-state index in [4.69, 9.17) is 16.3 Å². The highest BCUT2D eigenvalue weighted by Gasteiger charge is 2.37. The van der Waals surface area contributed by atoms with Gasteiger partial charge in [-0.1, -0.05) is 23.7 Å². The van der Waals surface area contributed by atoms with E-state index in [1.807, 2.05) is 24.3 Å². The molecule has 2 unspecified atom stereocenters. The van der Waals surface area contributed by atoms with Crippen LogP contribution in [0.4, 0.5) is 0 Å². The second-order valence-corrected chi connectivity index (χ2v) is 7.50. The number of carbonyl (C=O) groups is 1. The van der Waals surface area contributed by atoms with Gasteiger partial charge in [-0.2, -0.15) is 0 Å². The minimum Gasteiger partial charge on any atom is -0.384 e. The Balaban J connectivity index is 1.62. The van der Waals surface area contributed by atoms with Crippen molar-refractivity contribution in [1.82, 2.24) is 21.5 Å². The van der Waals surface area contributed by atoms with Crippen molar-refractivity contribution < 1.29 is 9.53 Å². The zero-order valence-corrected chi connectivity index (χ0v) is 15.4. The highest BCUT2D eigenvalue weighted by Crippen LogP contribution is 2.30. The summed E-state index contributed by atoms with van der Waals surface area (Å²) in [5, 5.41) is 7.25. The predicted molar refractivity (Wildman–Crippen MR) is 98.2 cm³/mol. The molecule has 2 atom stereocenters. The summed E-state index contributed by atoms with van der Waals surface area (Å²) in [6.07, 6.45) is 2.03. The summed E-state index contributed by atoms with van der Waals surface area (Å²) in [4.78, 5) is 12.8. The van der Waals surface area contributed by atoms with Gasteiger partial charge < -0.3 is 15.4 Å². The highest BCUT2D eigenvalue weighted by atomic mass is 35.5. The predicted octanol–water partition coefficient (Wildman–Crippen LogP) is 1.24. The van der Waals surface area contributed by atoms with Crippen LogP contribution in [0.25, 0.3) is 0 Å². The lowest BCUT2D eigenvalue weighted by molar-refractivity contribution is -0.125. The molecule has 2 aliphatic heterocycles. The standard InChI is InChI=1S/C18H27ClN4O2/c1-25-12-18(6-8-20-9-7-18)11-21-17(24)15-10-22-23-16(15)13-2-4-14(19)5-3-13/h2-5,15-16,20,22-23H,6-12H2,1H3,(H,21,24). The molecule has 1 aromatic carbocycles. The lowest BCUT2D eigenvalue weighted by Crippen LogP contribution is -2.48. The maximum Gasteiger partial charge on any atom is 0.226 e. The van der Waals surface area contributed by atoms with Crippen molar-refractivity contribution in [3.63, 3.8) is 0 Å². The molecule has 4 N–H and O–H groups in total. The number of nitrogens with one attached hydrogen (secondary N) is 4. The summed E-state index contributed by atoms with van der Waals surface area (Å²) in [6, 6.07) is 7.59. The average Bonchev–Trinajstić information content (AvgIpc) is 3.11. The van der Waals surface area contributed by atoms with Gasteiger partial charge in [0.2, 0.25) is 5.91 Å². The Kier molecular flexibility index (Phi) is 6.30. The molecule has 2 saturated heterocycles. The molecule has 0 radical (unpaired) electrons. The first-order valence-corrected chi connectivity index (χ1v) is 9.23. The van der Waals surface area contributed by atoms with Crippen molar-refractivity contribution >= 4 is 17.5 Å². The van der Waals surface area contributed by atoms with Gasteiger partial charge in [-0.05, 0) is 43.6 Å². The van der Waals surface area contributed by atoms with Gasteiger partial charge in [0.25, 0.3) is 0 Å². The Morgan fingerprint density at radius 2 is 2.04 bits per heavy atom. The number of piperidine rings is 1. The van der Waals surface area contributed by atoms with Gasteiger partial charge in [-0.3, -0.25) is 10.2 Å². The molecule has 25 heavy (non-hydrogen) atoms. The summed E-state index contributed by atoms with van der Waals surface area (Å²) >= 11 is 5.97. The minimum atomic E-state index is -0.150. The normalized spacial score (nSPS) is 25.7. The summed E-state index contributed by atoms with van der Waals surface area (Å²) < 4.78 is 5.43. The molecule has 0 spiro atoms. The molecule has 1 aromatic rings. The van der Waals surface area contributed by atoms with E-state index in [-0.39, 0.29) is 23.3 Å². The fourth-order valence-corrected chi connectivity index (χ4v) is 3.89. The zero-order valence-electron chi connectivity index (χ0n) is 14.6. The van der Waals surface area contributed by atoms with E-state index in [0.29, 0.717) is 24.7 Å². The van der Waals surface area contributed by atoms with E-state index in [1.165, 1.54) is 0 Å². The number of rotatable bonds is 6. The Morgan fingerprint density at radius 3 is 2.72 bits per heavy atom. The van der Waals surface area contributed by atoms with Gasteiger partial charge in [0.15, 0.2) is 0 Å². The van der Waals surface area contributed by atoms with Crippen LogP contribution >= 0.6 is 11.6 Å².